The van der Waals surface area contributed by atoms with Crippen LogP contribution < -0.4 is 5.73 Å². The molecule has 0 aliphatic carbocycles. The molecule has 0 saturated heterocycles. The van der Waals surface area contributed by atoms with Gasteiger partial charge in [-0.1, -0.05) is 317 Å². The van der Waals surface area contributed by atoms with Crippen LogP contribution in [0.3, 0.4) is 0 Å². The molecule has 400 valence electrons. The van der Waals surface area contributed by atoms with E-state index in [1.807, 2.05) is 0 Å². The van der Waals surface area contributed by atoms with Crippen molar-refractivity contribution in [1.29, 1.82) is 0 Å². The Hall–Kier alpha value is -1.84. The van der Waals surface area contributed by atoms with Crippen molar-refractivity contribution in [3.63, 3.8) is 0 Å². The van der Waals surface area contributed by atoms with Crippen LogP contribution in [-0.2, 0) is 24.1 Å². The third-order valence-electron chi connectivity index (χ3n) is 14.9. The molecule has 1 rings (SSSR count). The van der Waals surface area contributed by atoms with Crippen LogP contribution in [0.4, 0.5) is 0 Å². The Bertz CT molecular complexity index is 1140. The molecule has 68 heavy (non-hydrogen) atoms. The smallest absolute Gasteiger partial charge is 0.303 e. The maximum Gasteiger partial charge on any atom is 0.303 e. The van der Waals surface area contributed by atoms with Crippen molar-refractivity contribution in [2.75, 3.05) is 0 Å². The summed E-state index contributed by atoms with van der Waals surface area (Å²) in [7, 11) is 0. The minimum absolute atomic E-state index is 0.222. The van der Waals surface area contributed by atoms with E-state index >= 15 is 0 Å². The summed E-state index contributed by atoms with van der Waals surface area (Å²) in [4.78, 5) is 22.0. The van der Waals surface area contributed by atoms with Crippen LogP contribution in [0.2, 0.25) is 0 Å². The van der Waals surface area contributed by atoms with Gasteiger partial charge < -0.3 is 10.8 Å². The number of carboxylic acid groups (broad SMARTS) is 1. The number of nitrogens with two attached hydrogens (primary N) is 1. The van der Waals surface area contributed by atoms with E-state index in [0.717, 1.165) is 18.4 Å². The van der Waals surface area contributed by atoms with E-state index in [0.29, 0.717) is 0 Å². The number of rotatable bonds is 53. The predicted molar refractivity (Wildman–Crippen MR) is 303 cm³/mol. The maximum atomic E-state index is 12.6. The SMILES string of the molecule is CCC(=O)O.CCCCCCCCCCCCCCCCCCc1cc(C(N)=O)cc(CCCCCCCCCCCCCCCCCC)c1CCCCCCCCCCCCCCCCCC. The summed E-state index contributed by atoms with van der Waals surface area (Å²) in [5.41, 5.74) is 11.2. The Kier molecular flexibility index (Phi) is 53.0. The number of hydrogen-bond donors (Lipinski definition) is 2. The zero-order valence-corrected chi connectivity index (χ0v) is 46.8. The normalized spacial score (nSPS) is 11.3. The molecule has 0 unspecified atom stereocenters. The lowest BCUT2D eigenvalue weighted by molar-refractivity contribution is -0.136. The number of benzene rings is 1. The fraction of sp³-hybridized carbons (Fsp3) is 0.875. The highest BCUT2D eigenvalue weighted by Gasteiger charge is 2.14. The molecule has 0 radical (unpaired) electrons. The molecule has 4 nitrogen and oxygen atoms in total. The molecule has 0 saturated carbocycles. The maximum absolute atomic E-state index is 12.6. The minimum Gasteiger partial charge on any atom is -0.481 e. The van der Waals surface area contributed by atoms with E-state index < -0.39 is 5.97 Å². The van der Waals surface area contributed by atoms with Crippen molar-refractivity contribution in [2.24, 2.45) is 5.73 Å². The predicted octanol–water partition coefficient (Wildman–Crippen LogP) is 21.7. The number of aryl methyl sites for hydroxylation is 2. The van der Waals surface area contributed by atoms with Crippen LogP contribution in [0.5, 0.6) is 0 Å². The summed E-state index contributed by atoms with van der Waals surface area (Å²) in [6, 6.07) is 4.40. The molecule has 0 atom stereocenters. The number of aliphatic carboxylic acids is 1. The summed E-state index contributed by atoms with van der Waals surface area (Å²) < 4.78 is 0. The second-order valence-electron chi connectivity index (χ2n) is 21.5. The van der Waals surface area contributed by atoms with Crippen LogP contribution >= 0.6 is 0 Å². The molecule has 0 aliphatic heterocycles. The molecular formula is C64H121NO3. The third-order valence-corrected chi connectivity index (χ3v) is 14.9. The van der Waals surface area contributed by atoms with Crippen molar-refractivity contribution in [2.45, 2.75) is 362 Å². The first kappa shape index (κ1) is 66.2. The number of primary amides is 1. The molecule has 4 heteroatoms. The van der Waals surface area contributed by atoms with E-state index in [9.17, 15) is 9.59 Å². The number of carboxylic acids is 1. The molecule has 0 fully saturated rings. The number of carbonyl (C=O) groups excluding carboxylic acids is 1. The quantitative estimate of drug-likeness (QED) is 0.0639. The number of amides is 1. The van der Waals surface area contributed by atoms with E-state index in [4.69, 9.17) is 10.8 Å². The number of hydrogen-bond acceptors (Lipinski definition) is 2. The zero-order chi connectivity index (χ0) is 49.6. The van der Waals surface area contributed by atoms with Crippen molar-refractivity contribution in [3.8, 4) is 0 Å². The van der Waals surface area contributed by atoms with Gasteiger partial charge in [-0.2, -0.15) is 0 Å². The van der Waals surface area contributed by atoms with Crippen LogP contribution in [0.15, 0.2) is 12.1 Å². The van der Waals surface area contributed by atoms with Gasteiger partial charge in [0.2, 0.25) is 5.91 Å². The first-order valence-corrected chi connectivity index (χ1v) is 31.1. The molecule has 0 heterocycles. The van der Waals surface area contributed by atoms with Crippen LogP contribution in [0.1, 0.15) is 369 Å². The van der Waals surface area contributed by atoms with Crippen LogP contribution in [0.25, 0.3) is 0 Å². The molecule has 1 amide bonds. The summed E-state index contributed by atoms with van der Waals surface area (Å²) in [5.74, 6) is -0.990. The second-order valence-corrected chi connectivity index (χ2v) is 21.5. The van der Waals surface area contributed by atoms with E-state index in [1.165, 1.54) is 326 Å². The lowest BCUT2D eigenvalue weighted by Crippen LogP contribution is -2.14. The van der Waals surface area contributed by atoms with E-state index in [-0.39, 0.29) is 12.3 Å². The van der Waals surface area contributed by atoms with Gasteiger partial charge in [0.25, 0.3) is 0 Å². The molecule has 0 spiro atoms. The zero-order valence-electron chi connectivity index (χ0n) is 46.8. The van der Waals surface area contributed by atoms with Gasteiger partial charge in [0.05, 0.1) is 0 Å². The largest absolute Gasteiger partial charge is 0.481 e. The highest BCUT2D eigenvalue weighted by molar-refractivity contribution is 5.93. The van der Waals surface area contributed by atoms with Crippen LogP contribution in [0, 0.1) is 0 Å². The Labute approximate surface area is 426 Å². The summed E-state index contributed by atoms with van der Waals surface area (Å²) >= 11 is 0. The fourth-order valence-corrected chi connectivity index (χ4v) is 10.3. The number of carbonyl (C=O) groups is 2. The average Bonchev–Trinajstić information content (AvgIpc) is 3.34. The van der Waals surface area contributed by atoms with Crippen LogP contribution in [-0.4, -0.2) is 17.0 Å². The minimum atomic E-state index is -0.745. The van der Waals surface area contributed by atoms with Crippen molar-refractivity contribution in [3.05, 3.63) is 34.4 Å². The van der Waals surface area contributed by atoms with Crippen molar-refractivity contribution >= 4 is 11.9 Å². The molecule has 1 aromatic rings. The lowest BCUT2D eigenvalue weighted by atomic mass is 9.88. The summed E-state index contributed by atoms with van der Waals surface area (Å²) in [6.07, 6.45) is 71.1. The average molecular weight is 953 g/mol. The van der Waals surface area contributed by atoms with Gasteiger partial charge in [-0.05, 0) is 67.3 Å². The Morgan fingerprint density at radius 1 is 0.324 bits per heavy atom. The van der Waals surface area contributed by atoms with Gasteiger partial charge >= 0.3 is 5.97 Å². The fourth-order valence-electron chi connectivity index (χ4n) is 10.3. The second kappa shape index (κ2) is 54.5. The molecule has 0 aliphatic rings. The molecule has 0 aromatic heterocycles. The van der Waals surface area contributed by atoms with Gasteiger partial charge in [0, 0.05) is 12.0 Å². The Balaban J connectivity index is 0.00000848. The van der Waals surface area contributed by atoms with Gasteiger partial charge in [-0.3, -0.25) is 9.59 Å². The van der Waals surface area contributed by atoms with E-state index in [2.05, 4.69) is 32.9 Å². The topological polar surface area (TPSA) is 80.4 Å². The summed E-state index contributed by atoms with van der Waals surface area (Å²) in [6.45, 7) is 8.52. The van der Waals surface area contributed by atoms with E-state index in [1.54, 1.807) is 12.5 Å². The first-order valence-electron chi connectivity index (χ1n) is 31.1. The molecular weight excluding hydrogens is 831 g/mol. The molecule has 0 bridgehead atoms. The van der Waals surface area contributed by atoms with Gasteiger partial charge in [-0.15, -0.1) is 0 Å². The summed E-state index contributed by atoms with van der Waals surface area (Å²) in [5, 5.41) is 7.72. The van der Waals surface area contributed by atoms with Gasteiger partial charge in [0.1, 0.15) is 0 Å². The van der Waals surface area contributed by atoms with Crippen molar-refractivity contribution in [1.82, 2.24) is 0 Å². The first-order chi connectivity index (χ1) is 33.4. The van der Waals surface area contributed by atoms with Crippen molar-refractivity contribution < 1.29 is 14.7 Å². The highest BCUT2D eigenvalue weighted by Crippen LogP contribution is 2.26. The number of unbranched alkanes of at least 4 members (excludes halogenated alkanes) is 45. The highest BCUT2D eigenvalue weighted by atomic mass is 16.4. The third kappa shape index (κ3) is 46.5. The Morgan fingerprint density at radius 3 is 0.676 bits per heavy atom. The lowest BCUT2D eigenvalue weighted by Gasteiger charge is -2.17. The molecule has 1 aromatic carbocycles. The standard InChI is InChI=1S/C61H115NO.C3H6O2/c1-4-7-10-13-16-19-22-25-28-31-34-37-40-43-46-49-52-57-55-59(61(62)63)56-58(53-50-47-44-41-38-35-32-29-26-23-20-17-14-11-8-5-2)60(57)54-51-48-45-42-39-36-33-30-27-24-21-18-15-12-9-6-3;1-2-3(4)5/h55-56H,4-54H2,1-3H3,(H2,62,63);2H2,1H3,(H,4,5). The van der Waals surface area contributed by atoms with Gasteiger partial charge in [0.15, 0.2) is 0 Å². The Morgan fingerprint density at radius 2 is 0.500 bits per heavy atom. The molecule has 3 N–H and O–H groups in total. The monoisotopic (exact) mass is 952 g/mol. The van der Waals surface area contributed by atoms with Gasteiger partial charge in [-0.25, -0.2) is 0 Å².